The van der Waals surface area contributed by atoms with E-state index in [-0.39, 0.29) is 6.04 Å². The molecule has 1 aromatic rings. The second kappa shape index (κ2) is 7.20. The van der Waals surface area contributed by atoms with Crippen LogP contribution in [0.25, 0.3) is 0 Å². The van der Waals surface area contributed by atoms with Crippen LogP contribution in [-0.4, -0.2) is 31.4 Å². The highest BCUT2D eigenvalue weighted by Crippen LogP contribution is 2.25. The van der Waals surface area contributed by atoms with Gasteiger partial charge in [-0.05, 0) is 52.3 Å². The number of carbonyl (C=O) groups is 1. The van der Waals surface area contributed by atoms with Gasteiger partial charge in [-0.15, -0.1) is 0 Å². The molecule has 5 nitrogen and oxygen atoms in total. The van der Waals surface area contributed by atoms with Crippen molar-refractivity contribution in [2.75, 3.05) is 19.0 Å². The van der Waals surface area contributed by atoms with Crippen molar-refractivity contribution in [2.24, 2.45) is 0 Å². The molecule has 1 aromatic carbocycles. The summed E-state index contributed by atoms with van der Waals surface area (Å²) in [6, 6.07) is 6.00. The maximum Gasteiger partial charge on any atom is 0.407 e. The Labute approximate surface area is 127 Å². The number of methoxy groups -OCH3 is 1. The first-order valence-electron chi connectivity index (χ1n) is 7.09. The molecule has 0 saturated carbocycles. The fourth-order valence-corrected chi connectivity index (χ4v) is 1.78. The van der Waals surface area contributed by atoms with Crippen LogP contribution in [0.3, 0.4) is 0 Å². The molecule has 1 unspecified atom stereocenters. The lowest BCUT2D eigenvalue weighted by Crippen LogP contribution is -2.38. The zero-order valence-corrected chi connectivity index (χ0v) is 13.7. The summed E-state index contributed by atoms with van der Waals surface area (Å²) in [7, 11) is 1.64. The minimum Gasteiger partial charge on any atom is -0.495 e. The third kappa shape index (κ3) is 6.38. The van der Waals surface area contributed by atoms with Gasteiger partial charge >= 0.3 is 6.09 Å². The van der Waals surface area contributed by atoms with Crippen LogP contribution in [0.15, 0.2) is 18.2 Å². The molecule has 0 bridgehead atoms. The molecule has 118 valence electrons. The Bertz CT molecular complexity index is 481. The quantitative estimate of drug-likeness (QED) is 0.874. The van der Waals surface area contributed by atoms with Crippen molar-refractivity contribution in [3.8, 4) is 5.75 Å². The van der Waals surface area contributed by atoms with Crippen molar-refractivity contribution >= 4 is 11.8 Å². The molecular formula is C16H26N2O3. The van der Waals surface area contributed by atoms with Crippen LogP contribution in [0, 0.1) is 6.92 Å². The second-order valence-electron chi connectivity index (χ2n) is 6.13. The van der Waals surface area contributed by atoms with E-state index in [1.165, 1.54) is 0 Å². The Kier molecular flexibility index (Phi) is 5.88. The summed E-state index contributed by atoms with van der Waals surface area (Å²) in [5.74, 6) is 0.791. The van der Waals surface area contributed by atoms with E-state index < -0.39 is 11.7 Å². The maximum absolute atomic E-state index is 11.6. The Morgan fingerprint density at radius 1 is 1.33 bits per heavy atom. The van der Waals surface area contributed by atoms with Gasteiger partial charge in [-0.25, -0.2) is 4.79 Å². The van der Waals surface area contributed by atoms with Gasteiger partial charge in [-0.2, -0.15) is 0 Å². The van der Waals surface area contributed by atoms with E-state index in [2.05, 4.69) is 10.6 Å². The lowest BCUT2D eigenvalue weighted by Gasteiger charge is -2.22. The van der Waals surface area contributed by atoms with Gasteiger partial charge in [0.15, 0.2) is 0 Å². The number of hydrogen-bond donors (Lipinski definition) is 2. The van der Waals surface area contributed by atoms with E-state index in [9.17, 15) is 4.79 Å². The lowest BCUT2D eigenvalue weighted by atomic mass is 10.2. The standard InChI is InChI=1S/C16H26N2O3/c1-11-7-8-13(14(9-11)20-6)18-12(2)10-17-15(19)21-16(3,4)5/h7-9,12,18H,10H2,1-6H3,(H,17,19). The Morgan fingerprint density at radius 2 is 2.00 bits per heavy atom. The Morgan fingerprint density at radius 3 is 2.57 bits per heavy atom. The Hall–Kier alpha value is -1.91. The monoisotopic (exact) mass is 294 g/mol. The molecule has 2 N–H and O–H groups in total. The molecule has 0 fully saturated rings. The van der Waals surface area contributed by atoms with Gasteiger partial charge in [0.05, 0.1) is 12.8 Å². The van der Waals surface area contributed by atoms with E-state index in [1.807, 2.05) is 52.8 Å². The molecule has 0 spiro atoms. The van der Waals surface area contributed by atoms with Crippen LogP contribution in [0.2, 0.25) is 0 Å². The fourth-order valence-electron chi connectivity index (χ4n) is 1.78. The lowest BCUT2D eigenvalue weighted by molar-refractivity contribution is 0.0526. The molecule has 0 aliphatic heterocycles. The highest BCUT2D eigenvalue weighted by Gasteiger charge is 2.16. The van der Waals surface area contributed by atoms with Crippen LogP contribution in [0.5, 0.6) is 5.75 Å². The predicted octanol–water partition coefficient (Wildman–Crippen LogP) is 3.33. The summed E-state index contributed by atoms with van der Waals surface area (Å²) >= 11 is 0. The number of amides is 1. The Balaban J connectivity index is 2.51. The average molecular weight is 294 g/mol. The molecule has 0 aromatic heterocycles. The molecule has 0 radical (unpaired) electrons. The molecule has 1 amide bonds. The van der Waals surface area contributed by atoms with Crippen molar-refractivity contribution in [2.45, 2.75) is 46.3 Å². The molecule has 0 saturated heterocycles. The SMILES string of the molecule is COc1cc(C)ccc1NC(C)CNC(=O)OC(C)(C)C. The van der Waals surface area contributed by atoms with Gasteiger partial charge in [0, 0.05) is 12.6 Å². The molecule has 21 heavy (non-hydrogen) atoms. The average Bonchev–Trinajstić information content (AvgIpc) is 2.36. The number of benzene rings is 1. The summed E-state index contributed by atoms with van der Waals surface area (Å²) < 4.78 is 10.5. The van der Waals surface area contributed by atoms with Crippen LogP contribution in [0.4, 0.5) is 10.5 Å². The minimum absolute atomic E-state index is 0.0501. The van der Waals surface area contributed by atoms with Crippen molar-refractivity contribution in [1.82, 2.24) is 5.32 Å². The van der Waals surface area contributed by atoms with Crippen LogP contribution < -0.4 is 15.4 Å². The van der Waals surface area contributed by atoms with Crippen molar-refractivity contribution in [3.05, 3.63) is 23.8 Å². The van der Waals surface area contributed by atoms with E-state index in [1.54, 1.807) is 7.11 Å². The minimum atomic E-state index is -0.485. The number of anilines is 1. The number of hydrogen-bond acceptors (Lipinski definition) is 4. The number of nitrogens with one attached hydrogen (secondary N) is 2. The van der Waals surface area contributed by atoms with Crippen LogP contribution in [-0.2, 0) is 4.74 Å². The molecule has 1 rings (SSSR count). The zero-order chi connectivity index (χ0) is 16.0. The first-order valence-corrected chi connectivity index (χ1v) is 7.09. The summed E-state index contributed by atoms with van der Waals surface area (Å²) in [6.45, 7) is 9.98. The first kappa shape index (κ1) is 17.1. The van der Waals surface area contributed by atoms with Gasteiger partial charge in [-0.3, -0.25) is 0 Å². The smallest absolute Gasteiger partial charge is 0.407 e. The van der Waals surface area contributed by atoms with Gasteiger partial charge in [0.1, 0.15) is 11.4 Å². The van der Waals surface area contributed by atoms with E-state index in [0.29, 0.717) is 6.54 Å². The molecule has 0 aliphatic carbocycles. The number of rotatable bonds is 5. The number of carbonyl (C=O) groups excluding carboxylic acids is 1. The number of alkyl carbamates (subject to hydrolysis) is 1. The fraction of sp³-hybridized carbons (Fsp3) is 0.562. The summed E-state index contributed by atoms with van der Waals surface area (Å²) in [5.41, 5.74) is 1.56. The van der Waals surface area contributed by atoms with Crippen molar-refractivity contribution < 1.29 is 14.3 Å². The highest BCUT2D eigenvalue weighted by molar-refractivity contribution is 5.67. The normalized spacial score (nSPS) is 12.5. The maximum atomic E-state index is 11.6. The molecule has 1 atom stereocenters. The molecular weight excluding hydrogens is 268 g/mol. The van der Waals surface area contributed by atoms with Gasteiger partial charge in [0.2, 0.25) is 0 Å². The number of ether oxygens (including phenoxy) is 2. The largest absolute Gasteiger partial charge is 0.495 e. The molecule has 0 heterocycles. The van der Waals surface area contributed by atoms with E-state index in [0.717, 1.165) is 17.0 Å². The van der Waals surface area contributed by atoms with E-state index in [4.69, 9.17) is 9.47 Å². The predicted molar refractivity (Wildman–Crippen MR) is 85.1 cm³/mol. The topological polar surface area (TPSA) is 59.6 Å². The highest BCUT2D eigenvalue weighted by atomic mass is 16.6. The van der Waals surface area contributed by atoms with Gasteiger partial charge < -0.3 is 20.1 Å². The van der Waals surface area contributed by atoms with Crippen LogP contribution in [0.1, 0.15) is 33.3 Å². The summed E-state index contributed by atoms with van der Waals surface area (Å²) in [4.78, 5) is 11.6. The van der Waals surface area contributed by atoms with E-state index >= 15 is 0 Å². The first-order chi connectivity index (χ1) is 9.71. The third-order valence-electron chi connectivity index (χ3n) is 2.71. The second-order valence-corrected chi connectivity index (χ2v) is 6.13. The summed E-state index contributed by atoms with van der Waals surface area (Å²) in [6.07, 6.45) is -0.410. The summed E-state index contributed by atoms with van der Waals surface area (Å²) in [5, 5.41) is 6.06. The molecule has 5 heteroatoms. The molecule has 0 aliphatic rings. The van der Waals surface area contributed by atoms with Crippen molar-refractivity contribution in [1.29, 1.82) is 0 Å². The zero-order valence-electron chi connectivity index (χ0n) is 13.7. The van der Waals surface area contributed by atoms with Crippen LogP contribution >= 0.6 is 0 Å². The third-order valence-corrected chi connectivity index (χ3v) is 2.71. The number of aryl methyl sites for hydroxylation is 1. The van der Waals surface area contributed by atoms with Crippen molar-refractivity contribution in [3.63, 3.8) is 0 Å². The van der Waals surface area contributed by atoms with Gasteiger partial charge in [0.25, 0.3) is 0 Å². The van der Waals surface area contributed by atoms with Gasteiger partial charge in [-0.1, -0.05) is 6.07 Å².